The minimum Gasteiger partial charge on any atom is -0.480 e. The van der Waals surface area contributed by atoms with Crippen LogP contribution in [-0.4, -0.2) is 40.7 Å². The van der Waals surface area contributed by atoms with Crippen molar-refractivity contribution >= 4 is 17.9 Å². The van der Waals surface area contributed by atoms with Crippen LogP contribution < -0.4 is 9.47 Å². The highest BCUT2D eigenvalue weighted by Crippen LogP contribution is 2.48. The molecular formula is C14H13ClN4O3. The van der Waals surface area contributed by atoms with Gasteiger partial charge in [-0.15, -0.1) is 10.2 Å². The Labute approximate surface area is 131 Å². The number of aromatic nitrogens is 4. The average molecular weight is 321 g/mol. The molecule has 0 saturated heterocycles. The number of carbonyl (C=O) groups excluding carboxylic acids is 1. The number of hydrogen-bond acceptors (Lipinski definition) is 7. The maximum Gasteiger partial charge on any atom is 0.319 e. The third kappa shape index (κ3) is 2.59. The fourth-order valence-corrected chi connectivity index (χ4v) is 2.52. The van der Waals surface area contributed by atoms with Crippen molar-refractivity contribution in [3.8, 4) is 23.1 Å². The second kappa shape index (κ2) is 5.84. The van der Waals surface area contributed by atoms with Gasteiger partial charge in [0.05, 0.1) is 19.8 Å². The zero-order valence-electron chi connectivity index (χ0n) is 12.0. The highest BCUT2D eigenvalue weighted by Gasteiger charge is 2.40. The first kappa shape index (κ1) is 14.6. The van der Waals surface area contributed by atoms with Crippen LogP contribution in [0.15, 0.2) is 12.3 Å². The molecule has 0 aromatic carbocycles. The molecule has 0 N–H and O–H groups in total. The molecule has 3 rings (SSSR count). The van der Waals surface area contributed by atoms with Crippen molar-refractivity contribution in [1.29, 1.82) is 0 Å². The summed E-state index contributed by atoms with van der Waals surface area (Å²) in [6, 6.07) is 2.00. The van der Waals surface area contributed by atoms with Crippen LogP contribution in [0.25, 0.3) is 11.3 Å². The Morgan fingerprint density at radius 1 is 1.32 bits per heavy atom. The van der Waals surface area contributed by atoms with Gasteiger partial charge >= 0.3 is 6.01 Å². The molecule has 22 heavy (non-hydrogen) atoms. The summed E-state index contributed by atoms with van der Waals surface area (Å²) in [6.07, 6.45) is 3.28. The van der Waals surface area contributed by atoms with Crippen LogP contribution in [0.1, 0.15) is 17.9 Å². The van der Waals surface area contributed by atoms with E-state index in [9.17, 15) is 4.79 Å². The summed E-state index contributed by atoms with van der Waals surface area (Å²) < 4.78 is 10.2. The fourth-order valence-electron chi connectivity index (χ4n) is 2.29. The second-order valence-corrected chi connectivity index (χ2v) is 5.26. The van der Waals surface area contributed by atoms with E-state index in [-0.39, 0.29) is 17.8 Å². The Bertz CT molecular complexity index is 725. The van der Waals surface area contributed by atoms with Gasteiger partial charge < -0.3 is 14.3 Å². The molecule has 2 aromatic heterocycles. The Hall–Kier alpha value is -2.28. The van der Waals surface area contributed by atoms with Gasteiger partial charge in [-0.2, -0.15) is 4.98 Å². The van der Waals surface area contributed by atoms with Crippen LogP contribution >= 0.6 is 11.6 Å². The van der Waals surface area contributed by atoms with E-state index in [1.54, 1.807) is 12.3 Å². The van der Waals surface area contributed by atoms with Crippen LogP contribution in [0.4, 0.5) is 0 Å². The molecule has 2 heterocycles. The van der Waals surface area contributed by atoms with Gasteiger partial charge in [0.25, 0.3) is 0 Å². The summed E-state index contributed by atoms with van der Waals surface area (Å²) in [5.74, 6) is 0.435. The van der Waals surface area contributed by atoms with Crippen molar-refractivity contribution in [2.75, 3.05) is 14.2 Å². The molecule has 1 saturated carbocycles. The van der Waals surface area contributed by atoms with Crippen LogP contribution in [0.5, 0.6) is 11.9 Å². The quantitative estimate of drug-likeness (QED) is 0.777. The summed E-state index contributed by atoms with van der Waals surface area (Å²) in [7, 11) is 2.97. The molecule has 1 aliphatic carbocycles. The molecule has 0 aliphatic heterocycles. The highest BCUT2D eigenvalue weighted by atomic mass is 35.5. The predicted octanol–water partition coefficient (Wildman–Crippen LogP) is 1.91. The molecule has 1 fully saturated rings. The molecular weight excluding hydrogens is 308 g/mol. The minimum atomic E-state index is 0.00330. The van der Waals surface area contributed by atoms with Crippen LogP contribution in [-0.2, 0) is 4.79 Å². The van der Waals surface area contributed by atoms with E-state index in [1.807, 2.05) is 0 Å². The topological polar surface area (TPSA) is 87.1 Å². The number of aldehydes is 1. The lowest BCUT2D eigenvalue weighted by Gasteiger charge is -2.09. The molecule has 2 aromatic rings. The summed E-state index contributed by atoms with van der Waals surface area (Å²) in [4.78, 5) is 19.0. The summed E-state index contributed by atoms with van der Waals surface area (Å²) in [5, 5.41) is 8.34. The molecule has 7 nitrogen and oxygen atoms in total. The number of carbonyl (C=O) groups is 1. The van der Waals surface area contributed by atoms with E-state index in [0.717, 1.165) is 18.3 Å². The van der Waals surface area contributed by atoms with E-state index in [2.05, 4.69) is 20.2 Å². The number of nitrogens with zero attached hydrogens (tertiary/aromatic N) is 4. The number of ether oxygens (including phenoxy) is 2. The summed E-state index contributed by atoms with van der Waals surface area (Å²) in [5.41, 5.74) is 1.93. The first-order valence-electron chi connectivity index (χ1n) is 6.61. The van der Waals surface area contributed by atoms with Gasteiger partial charge in [-0.1, -0.05) is 11.6 Å². The molecule has 8 heteroatoms. The van der Waals surface area contributed by atoms with Crippen molar-refractivity contribution in [3.63, 3.8) is 0 Å². The van der Waals surface area contributed by atoms with Crippen molar-refractivity contribution in [2.24, 2.45) is 5.92 Å². The zero-order valence-corrected chi connectivity index (χ0v) is 12.7. The van der Waals surface area contributed by atoms with Gasteiger partial charge in [-0.3, -0.25) is 0 Å². The second-order valence-electron chi connectivity index (χ2n) is 4.90. The van der Waals surface area contributed by atoms with Crippen molar-refractivity contribution < 1.29 is 14.3 Å². The standard InChI is InChI=1S/C14H13ClN4O3/c1-21-13-10(5-16-14(17-13)22-2)11-4-9(12(15)19-18-11)8-3-7(8)6-20/h4-8H,3H2,1-2H3/t7-,8+/m1/s1. The monoisotopic (exact) mass is 320 g/mol. The van der Waals surface area contributed by atoms with Crippen molar-refractivity contribution in [3.05, 3.63) is 23.0 Å². The molecule has 0 amide bonds. The van der Waals surface area contributed by atoms with Crippen LogP contribution in [0.2, 0.25) is 5.15 Å². The third-order valence-corrected chi connectivity index (χ3v) is 3.87. The Morgan fingerprint density at radius 2 is 2.14 bits per heavy atom. The number of hydrogen-bond donors (Lipinski definition) is 0. The summed E-state index contributed by atoms with van der Waals surface area (Å²) >= 11 is 6.09. The third-order valence-electron chi connectivity index (χ3n) is 3.57. The summed E-state index contributed by atoms with van der Waals surface area (Å²) in [6.45, 7) is 0. The molecule has 0 spiro atoms. The Kier molecular flexibility index (Phi) is 3.89. The van der Waals surface area contributed by atoms with E-state index >= 15 is 0 Å². The minimum absolute atomic E-state index is 0.00330. The van der Waals surface area contributed by atoms with Crippen molar-refractivity contribution in [2.45, 2.75) is 12.3 Å². The lowest BCUT2D eigenvalue weighted by Crippen LogP contribution is -2.00. The van der Waals surface area contributed by atoms with E-state index in [1.165, 1.54) is 14.2 Å². The van der Waals surface area contributed by atoms with E-state index in [0.29, 0.717) is 22.3 Å². The molecule has 114 valence electrons. The first-order valence-corrected chi connectivity index (χ1v) is 6.99. The molecule has 0 radical (unpaired) electrons. The highest BCUT2D eigenvalue weighted by molar-refractivity contribution is 6.30. The SMILES string of the molecule is COc1ncc(-c2cc([C@H]3C[C@@H]3C=O)c(Cl)nn2)c(OC)n1. The van der Waals surface area contributed by atoms with E-state index < -0.39 is 0 Å². The van der Waals surface area contributed by atoms with Gasteiger partial charge in [0.1, 0.15) is 12.0 Å². The fraction of sp³-hybridized carbons (Fsp3) is 0.357. The number of methoxy groups -OCH3 is 2. The zero-order chi connectivity index (χ0) is 15.7. The normalized spacial score (nSPS) is 19.6. The van der Waals surface area contributed by atoms with Gasteiger partial charge in [0.15, 0.2) is 5.15 Å². The van der Waals surface area contributed by atoms with Crippen LogP contribution in [0, 0.1) is 5.92 Å². The average Bonchev–Trinajstić information content (AvgIpc) is 3.34. The maximum absolute atomic E-state index is 10.9. The van der Waals surface area contributed by atoms with Crippen molar-refractivity contribution in [1.82, 2.24) is 20.2 Å². The predicted molar refractivity (Wildman–Crippen MR) is 78.1 cm³/mol. The largest absolute Gasteiger partial charge is 0.480 e. The van der Waals surface area contributed by atoms with E-state index in [4.69, 9.17) is 21.1 Å². The molecule has 2 atom stereocenters. The molecule has 1 aliphatic rings. The smallest absolute Gasteiger partial charge is 0.319 e. The Balaban J connectivity index is 2.02. The number of halogens is 1. The molecule has 0 unspecified atom stereocenters. The number of rotatable bonds is 5. The van der Waals surface area contributed by atoms with Gasteiger partial charge in [-0.25, -0.2) is 4.98 Å². The lowest BCUT2D eigenvalue weighted by molar-refractivity contribution is -0.108. The van der Waals surface area contributed by atoms with Gasteiger partial charge in [0, 0.05) is 12.1 Å². The van der Waals surface area contributed by atoms with Gasteiger partial charge in [0.2, 0.25) is 5.88 Å². The lowest BCUT2D eigenvalue weighted by atomic mass is 10.1. The van der Waals surface area contributed by atoms with Gasteiger partial charge in [-0.05, 0) is 24.0 Å². The first-order chi connectivity index (χ1) is 10.7. The Morgan fingerprint density at radius 3 is 2.77 bits per heavy atom. The maximum atomic E-state index is 10.9. The molecule has 0 bridgehead atoms. The van der Waals surface area contributed by atoms with Crippen LogP contribution in [0.3, 0.4) is 0 Å².